The summed E-state index contributed by atoms with van der Waals surface area (Å²) < 4.78 is 44.7. The normalized spacial score (nSPS) is 20.2. The summed E-state index contributed by atoms with van der Waals surface area (Å²) in [6.07, 6.45) is 1.84. The average Bonchev–Trinajstić information content (AvgIpc) is 2.48. The summed E-state index contributed by atoms with van der Waals surface area (Å²) in [5.41, 5.74) is 0.450. The van der Waals surface area contributed by atoms with Crippen LogP contribution in [0.4, 0.5) is 4.39 Å². The maximum atomic E-state index is 13.4. The molecular weight excluding hydrogens is 297 g/mol. The van der Waals surface area contributed by atoms with Gasteiger partial charge in [0.1, 0.15) is 11.9 Å². The van der Waals surface area contributed by atoms with E-state index in [0.29, 0.717) is 18.4 Å². The summed E-state index contributed by atoms with van der Waals surface area (Å²) in [6.45, 7) is 1.83. The molecule has 1 heterocycles. The lowest BCUT2D eigenvalue weighted by atomic mass is 10.1. The van der Waals surface area contributed by atoms with Crippen LogP contribution >= 0.6 is 0 Å². The molecule has 1 aliphatic heterocycles. The molecule has 1 saturated heterocycles. The molecule has 0 amide bonds. The number of methoxy groups -OCH3 is 1. The van der Waals surface area contributed by atoms with Gasteiger partial charge in [0.15, 0.2) is 0 Å². The molecule has 0 bridgehead atoms. The summed E-state index contributed by atoms with van der Waals surface area (Å²) in [5.74, 6) is -1.20. The number of benzene rings is 1. The Balaban J connectivity index is 2.45. The van der Waals surface area contributed by atoms with Gasteiger partial charge in [-0.3, -0.25) is 4.79 Å². The number of rotatable bonds is 3. The molecule has 0 aromatic heterocycles. The predicted molar refractivity (Wildman–Crippen MR) is 74.7 cm³/mol. The Kier molecular flexibility index (Phi) is 4.63. The molecule has 0 saturated carbocycles. The van der Waals surface area contributed by atoms with Gasteiger partial charge in [0, 0.05) is 6.54 Å². The third-order valence-corrected chi connectivity index (χ3v) is 5.71. The Hall–Kier alpha value is -1.47. The molecule has 5 nitrogen and oxygen atoms in total. The van der Waals surface area contributed by atoms with Crippen LogP contribution in [-0.2, 0) is 19.6 Å². The molecule has 7 heteroatoms. The van der Waals surface area contributed by atoms with Crippen molar-refractivity contribution in [3.63, 3.8) is 0 Å². The van der Waals surface area contributed by atoms with E-state index in [1.165, 1.54) is 19.2 Å². The van der Waals surface area contributed by atoms with Crippen molar-refractivity contribution in [2.45, 2.75) is 37.1 Å². The zero-order valence-corrected chi connectivity index (χ0v) is 12.8. The van der Waals surface area contributed by atoms with Crippen LogP contribution < -0.4 is 0 Å². The van der Waals surface area contributed by atoms with Crippen molar-refractivity contribution in [3.05, 3.63) is 29.6 Å². The largest absolute Gasteiger partial charge is 0.468 e. The van der Waals surface area contributed by atoms with Crippen molar-refractivity contribution in [1.82, 2.24) is 4.31 Å². The third-order valence-electron chi connectivity index (χ3n) is 3.66. The Morgan fingerprint density at radius 1 is 1.38 bits per heavy atom. The first-order valence-electron chi connectivity index (χ1n) is 6.73. The number of piperidine rings is 1. The number of hydrogen-bond acceptors (Lipinski definition) is 4. The SMILES string of the molecule is COC(=O)[C@@H]1CCCCN1S(=O)(=O)c1cc(F)ccc1C. The van der Waals surface area contributed by atoms with Crippen LogP contribution in [0.2, 0.25) is 0 Å². The second-order valence-electron chi connectivity index (χ2n) is 5.06. The highest BCUT2D eigenvalue weighted by atomic mass is 32.2. The molecule has 0 spiro atoms. The number of halogens is 1. The minimum atomic E-state index is -3.93. The van der Waals surface area contributed by atoms with Gasteiger partial charge < -0.3 is 4.74 Å². The van der Waals surface area contributed by atoms with Crippen LogP contribution in [0.25, 0.3) is 0 Å². The van der Waals surface area contributed by atoms with E-state index in [4.69, 9.17) is 0 Å². The highest BCUT2D eigenvalue weighted by Gasteiger charge is 2.38. The lowest BCUT2D eigenvalue weighted by Crippen LogP contribution is -2.48. The van der Waals surface area contributed by atoms with Crippen molar-refractivity contribution in [2.24, 2.45) is 0 Å². The quantitative estimate of drug-likeness (QED) is 0.799. The number of hydrogen-bond donors (Lipinski definition) is 0. The van der Waals surface area contributed by atoms with E-state index in [1.54, 1.807) is 6.92 Å². The Bertz CT molecular complexity index is 644. The summed E-state index contributed by atoms with van der Waals surface area (Å²) in [5, 5.41) is 0. The number of carbonyl (C=O) groups is 1. The van der Waals surface area contributed by atoms with E-state index in [9.17, 15) is 17.6 Å². The average molecular weight is 315 g/mol. The lowest BCUT2D eigenvalue weighted by Gasteiger charge is -2.33. The molecule has 1 aromatic carbocycles. The van der Waals surface area contributed by atoms with Crippen LogP contribution in [-0.4, -0.2) is 38.4 Å². The Morgan fingerprint density at radius 2 is 2.10 bits per heavy atom. The fourth-order valence-corrected chi connectivity index (χ4v) is 4.43. The lowest BCUT2D eigenvalue weighted by molar-refractivity contribution is -0.146. The van der Waals surface area contributed by atoms with Gasteiger partial charge in [-0.05, 0) is 43.9 Å². The first kappa shape index (κ1) is 15.9. The predicted octanol–water partition coefficient (Wildman–Crippen LogP) is 1.85. The molecule has 21 heavy (non-hydrogen) atoms. The fourth-order valence-electron chi connectivity index (χ4n) is 2.54. The van der Waals surface area contributed by atoms with Gasteiger partial charge in [-0.25, -0.2) is 12.8 Å². The summed E-state index contributed by atoms with van der Waals surface area (Å²) >= 11 is 0. The monoisotopic (exact) mass is 315 g/mol. The van der Waals surface area contributed by atoms with Crippen LogP contribution in [0.3, 0.4) is 0 Å². The zero-order chi connectivity index (χ0) is 15.6. The Labute approximate surface area is 123 Å². The first-order valence-corrected chi connectivity index (χ1v) is 8.17. The Morgan fingerprint density at radius 3 is 2.76 bits per heavy atom. The summed E-state index contributed by atoms with van der Waals surface area (Å²) in [7, 11) is -2.70. The molecule has 0 aliphatic carbocycles. The van der Waals surface area contributed by atoms with Gasteiger partial charge in [-0.2, -0.15) is 4.31 Å². The van der Waals surface area contributed by atoms with Crippen LogP contribution in [0.5, 0.6) is 0 Å². The van der Waals surface area contributed by atoms with Crippen LogP contribution in [0.15, 0.2) is 23.1 Å². The standard InChI is InChI=1S/C14H18FNO4S/c1-10-6-7-11(15)9-13(10)21(18,19)16-8-4-3-5-12(16)14(17)20-2/h6-7,9,12H,3-5,8H2,1-2H3/t12-/m0/s1. The second-order valence-corrected chi connectivity index (χ2v) is 6.92. The zero-order valence-electron chi connectivity index (χ0n) is 12.0. The molecule has 0 N–H and O–H groups in total. The number of ether oxygens (including phenoxy) is 1. The number of nitrogens with zero attached hydrogens (tertiary/aromatic N) is 1. The molecule has 1 aromatic rings. The van der Waals surface area contributed by atoms with E-state index < -0.39 is 27.9 Å². The summed E-state index contributed by atoms with van der Waals surface area (Å²) in [6, 6.07) is 2.78. The van der Waals surface area contributed by atoms with Gasteiger partial charge in [0.2, 0.25) is 10.0 Å². The maximum absolute atomic E-state index is 13.4. The minimum absolute atomic E-state index is 0.0988. The number of esters is 1. The van der Waals surface area contributed by atoms with E-state index >= 15 is 0 Å². The topological polar surface area (TPSA) is 63.7 Å². The molecule has 0 radical (unpaired) electrons. The van der Waals surface area contributed by atoms with Gasteiger partial charge in [-0.1, -0.05) is 6.07 Å². The first-order chi connectivity index (χ1) is 9.87. The molecule has 1 fully saturated rings. The van der Waals surface area contributed by atoms with Gasteiger partial charge in [0.05, 0.1) is 12.0 Å². The summed E-state index contributed by atoms with van der Waals surface area (Å²) in [4.78, 5) is 11.7. The van der Waals surface area contributed by atoms with Crippen molar-refractivity contribution in [3.8, 4) is 0 Å². The third kappa shape index (κ3) is 3.08. The van der Waals surface area contributed by atoms with E-state index in [-0.39, 0.29) is 11.4 Å². The smallest absolute Gasteiger partial charge is 0.324 e. The van der Waals surface area contributed by atoms with Crippen molar-refractivity contribution >= 4 is 16.0 Å². The highest BCUT2D eigenvalue weighted by molar-refractivity contribution is 7.89. The number of carbonyl (C=O) groups excluding carboxylic acids is 1. The molecule has 116 valence electrons. The van der Waals surface area contributed by atoms with Gasteiger partial charge in [0.25, 0.3) is 0 Å². The highest BCUT2D eigenvalue weighted by Crippen LogP contribution is 2.28. The fraction of sp³-hybridized carbons (Fsp3) is 0.500. The molecule has 0 unspecified atom stereocenters. The van der Waals surface area contributed by atoms with E-state index in [0.717, 1.165) is 16.8 Å². The molecular formula is C14H18FNO4S. The van der Waals surface area contributed by atoms with Crippen LogP contribution in [0, 0.1) is 12.7 Å². The van der Waals surface area contributed by atoms with Crippen molar-refractivity contribution < 1.29 is 22.3 Å². The minimum Gasteiger partial charge on any atom is -0.468 e. The van der Waals surface area contributed by atoms with E-state index in [1.807, 2.05) is 0 Å². The van der Waals surface area contributed by atoms with Crippen LogP contribution in [0.1, 0.15) is 24.8 Å². The van der Waals surface area contributed by atoms with Crippen molar-refractivity contribution in [2.75, 3.05) is 13.7 Å². The molecule has 1 aliphatic rings. The molecule has 2 rings (SSSR count). The van der Waals surface area contributed by atoms with Crippen molar-refractivity contribution in [1.29, 1.82) is 0 Å². The van der Waals surface area contributed by atoms with E-state index in [2.05, 4.69) is 4.74 Å². The second kappa shape index (κ2) is 6.11. The maximum Gasteiger partial charge on any atom is 0.324 e. The number of sulfonamides is 1. The van der Waals surface area contributed by atoms with Gasteiger partial charge >= 0.3 is 5.97 Å². The molecule has 1 atom stereocenters. The number of aryl methyl sites for hydroxylation is 1. The van der Waals surface area contributed by atoms with Gasteiger partial charge in [-0.15, -0.1) is 0 Å².